The molecular weight excluding hydrogens is 114 g/mol. The molecule has 2 nitrogen and oxygen atoms in total. The summed E-state index contributed by atoms with van der Waals surface area (Å²) in [4.78, 5) is 0. The molecule has 2 atom stereocenters. The van der Waals surface area contributed by atoms with Gasteiger partial charge in [0.25, 0.3) is 0 Å². The smallest absolute Gasteiger partial charge is 0.0695 e. The standard InChI is InChI=1S/C7H17NO/c1-4-5-9-7(3)6(2)8/h6-7H,4-5,8H2,1-3H3/t6-,7?/m0/s1. The molecule has 9 heavy (non-hydrogen) atoms. The molecule has 0 aromatic heterocycles. The third-order valence-corrected chi connectivity index (χ3v) is 1.33. The average Bonchev–Trinajstić information content (AvgIpc) is 1.82. The van der Waals surface area contributed by atoms with Crippen molar-refractivity contribution < 1.29 is 4.74 Å². The zero-order valence-corrected chi connectivity index (χ0v) is 6.55. The lowest BCUT2D eigenvalue weighted by Gasteiger charge is -2.15. The number of hydrogen-bond donors (Lipinski definition) is 1. The Bertz CT molecular complexity index is 63.9. The van der Waals surface area contributed by atoms with Crippen molar-refractivity contribution in [1.82, 2.24) is 0 Å². The highest BCUT2D eigenvalue weighted by molar-refractivity contribution is 4.61. The molecule has 0 saturated heterocycles. The van der Waals surface area contributed by atoms with Crippen molar-refractivity contribution in [2.45, 2.75) is 39.3 Å². The van der Waals surface area contributed by atoms with Crippen molar-refractivity contribution in [2.75, 3.05) is 6.61 Å². The number of ether oxygens (including phenoxy) is 1. The Labute approximate surface area is 57.4 Å². The second-order valence-electron chi connectivity index (χ2n) is 2.44. The maximum absolute atomic E-state index is 5.55. The normalized spacial score (nSPS) is 17.3. The molecule has 2 heteroatoms. The van der Waals surface area contributed by atoms with Gasteiger partial charge >= 0.3 is 0 Å². The van der Waals surface area contributed by atoms with Gasteiger partial charge in [0.2, 0.25) is 0 Å². The van der Waals surface area contributed by atoms with Gasteiger partial charge in [-0.3, -0.25) is 0 Å². The van der Waals surface area contributed by atoms with Crippen LogP contribution in [0, 0.1) is 0 Å². The Morgan fingerprint density at radius 3 is 2.33 bits per heavy atom. The molecule has 0 saturated carbocycles. The van der Waals surface area contributed by atoms with E-state index >= 15 is 0 Å². The van der Waals surface area contributed by atoms with Crippen LogP contribution in [-0.2, 0) is 4.74 Å². The van der Waals surface area contributed by atoms with E-state index in [9.17, 15) is 0 Å². The minimum atomic E-state index is 0.150. The lowest BCUT2D eigenvalue weighted by Crippen LogP contribution is -2.31. The number of rotatable bonds is 4. The monoisotopic (exact) mass is 131 g/mol. The molecule has 0 aliphatic heterocycles. The molecule has 1 unspecified atom stereocenters. The maximum atomic E-state index is 5.55. The Morgan fingerprint density at radius 2 is 2.00 bits per heavy atom. The van der Waals surface area contributed by atoms with Gasteiger partial charge < -0.3 is 10.5 Å². The van der Waals surface area contributed by atoms with E-state index in [4.69, 9.17) is 10.5 Å². The first-order chi connectivity index (χ1) is 4.18. The van der Waals surface area contributed by atoms with E-state index in [-0.39, 0.29) is 12.1 Å². The van der Waals surface area contributed by atoms with E-state index in [2.05, 4.69) is 6.92 Å². The Balaban J connectivity index is 3.16. The quantitative estimate of drug-likeness (QED) is 0.621. The maximum Gasteiger partial charge on any atom is 0.0695 e. The van der Waals surface area contributed by atoms with Crippen molar-refractivity contribution in [3.63, 3.8) is 0 Å². The second kappa shape index (κ2) is 4.77. The fourth-order valence-corrected chi connectivity index (χ4v) is 0.456. The molecule has 0 heterocycles. The first-order valence-corrected chi connectivity index (χ1v) is 3.55. The van der Waals surface area contributed by atoms with E-state index in [1.807, 2.05) is 13.8 Å². The minimum absolute atomic E-state index is 0.150. The summed E-state index contributed by atoms with van der Waals surface area (Å²) in [6.45, 7) is 6.87. The van der Waals surface area contributed by atoms with Crippen LogP contribution in [-0.4, -0.2) is 18.8 Å². The Hall–Kier alpha value is -0.0800. The SMILES string of the molecule is CCCOC(C)[C@H](C)N. The molecule has 0 fully saturated rings. The molecular formula is C7H17NO. The fraction of sp³-hybridized carbons (Fsp3) is 1.00. The van der Waals surface area contributed by atoms with Gasteiger partial charge in [-0.25, -0.2) is 0 Å². The molecule has 0 aliphatic rings. The molecule has 0 aromatic carbocycles. The lowest BCUT2D eigenvalue weighted by molar-refractivity contribution is 0.0527. The highest BCUT2D eigenvalue weighted by atomic mass is 16.5. The van der Waals surface area contributed by atoms with Gasteiger partial charge in [0.1, 0.15) is 0 Å². The summed E-state index contributed by atoms with van der Waals surface area (Å²) < 4.78 is 5.33. The van der Waals surface area contributed by atoms with Gasteiger partial charge in [-0.15, -0.1) is 0 Å². The third kappa shape index (κ3) is 4.43. The largest absolute Gasteiger partial charge is 0.377 e. The molecule has 2 N–H and O–H groups in total. The molecule has 0 aliphatic carbocycles. The van der Waals surface area contributed by atoms with Gasteiger partial charge in [-0.05, 0) is 20.3 Å². The van der Waals surface area contributed by atoms with Crippen LogP contribution in [0.4, 0.5) is 0 Å². The summed E-state index contributed by atoms with van der Waals surface area (Å²) in [6, 6.07) is 0.150. The van der Waals surface area contributed by atoms with Crippen LogP contribution in [0.25, 0.3) is 0 Å². The second-order valence-corrected chi connectivity index (χ2v) is 2.44. The van der Waals surface area contributed by atoms with E-state index in [0.29, 0.717) is 0 Å². The lowest BCUT2D eigenvalue weighted by atomic mass is 10.2. The predicted molar refractivity (Wildman–Crippen MR) is 39.4 cm³/mol. The first kappa shape index (κ1) is 8.92. The molecule has 0 aromatic rings. The third-order valence-electron chi connectivity index (χ3n) is 1.33. The first-order valence-electron chi connectivity index (χ1n) is 3.55. The van der Waals surface area contributed by atoms with Crippen LogP contribution in [0.5, 0.6) is 0 Å². The summed E-state index contributed by atoms with van der Waals surface area (Å²) in [5.41, 5.74) is 5.55. The predicted octanol–water partition coefficient (Wildman–Crippen LogP) is 1.15. The van der Waals surface area contributed by atoms with Crippen LogP contribution in [0.2, 0.25) is 0 Å². The van der Waals surface area contributed by atoms with E-state index in [1.165, 1.54) is 0 Å². The van der Waals surface area contributed by atoms with Gasteiger partial charge in [0, 0.05) is 12.6 Å². The van der Waals surface area contributed by atoms with Gasteiger partial charge in [-0.2, -0.15) is 0 Å². The number of nitrogens with two attached hydrogens (primary N) is 1. The summed E-state index contributed by atoms with van der Waals surface area (Å²) in [6.07, 6.45) is 1.27. The van der Waals surface area contributed by atoms with Crippen LogP contribution >= 0.6 is 0 Å². The van der Waals surface area contributed by atoms with Crippen LogP contribution in [0.1, 0.15) is 27.2 Å². The van der Waals surface area contributed by atoms with E-state index in [1.54, 1.807) is 0 Å². The molecule has 56 valence electrons. The van der Waals surface area contributed by atoms with Crippen molar-refractivity contribution >= 4 is 0 Å². The van der Waals surface area contributed by atoms with Gasteiger partial charge in [0.15, 0.2) is 0 Å². The summed E-state index contributed by atoms with van der Waals surface area (Å²) in [5.74, 6) is 0. The van der Waals surface area contributed by atoms with Gasteiger partial charge in [0.05, 0.1) is 6.10 Å². The van der Waals surface area contributed by atoms with Crippen LogP contribution < -0.4 is 5.73 Å². The minimum Gasteiger partial charge on any atom is -0.377 e. The number of hydrogen-bond acceptors (Lipinski definition) is 2. The average molecular weight is 131 g/mol. The molecule has 0 amide bonds. The molecule has 0 bridgehead atoms. The fourth-order valence-electron chi connectivity index (χ4n) is 0.456. The zero-order chi connectivity index (χ0) is 7.28. The molecule has 0 rings (SSSR count). The Morgan fingerprint density at radius 1 is 1.44 bits per heavy atom. The van der Waals surface area contributed by atoms with Crippen molar-refractivity contribution in [3.05, 3.63) is 0 Å². The van der Waals surface area contributed by atoms with Crippen LogP contribution in [0.3, 0.4) is 0 Å². The van der Waals surface area contributed by atoms with E-state index < -0.39 is 0 Å². The van der Waals surface area contributed by atoms with Crippen molar-refractivity contribution in [1.29, 1.82) is 0 Å². The van der Waals surface area contributed by atoms with E-state index in [0.717, 1.165) is 13.0 Å². The molecule has 0 spiro atoms. The summed E-state index contributed by atoms with van der Waals surface area (Å²) >= 11 is 0. The topological polar surface area (TPSA) is 35.2 Å². The van der Waals surface area contributed by atoms with Crippen molar-refractivity contribution in [3.8, 4) is 0 Å². The van der Waals surface area contributed by atoms with Gasteiger partial charge in [-0.1, -0.05) is 6.92 Å². The Kier molecular flexibility index (Phi) is 4.72. The zero-order valence-electron chi connectivity index (χ0n) is 6.55. The van der Waals surface area contributed by atoms with Crippen LogP contribution in [0.15, 0.2) is 0 Å². The summed E-state index contributed by atoms with van der Waals surface area (Å²) in [7, 11) is 0. The molecule has 0 radical (unpaired) electrons. The highest BCUT2D eigenvalue weighted by Crippen LogP contribution is 1.95. The summed E-state index contributed by atoms with van der Waals surface area (Å²) in [5, 5.41) is 0. The highest BCUT2D eigenvalue weighted by Gasteiger charge is 2.05. The van der Waals surface area contributed by atoms with Crippen molar-refractivity contribution in [2.24, 2.45) is 5.73 Å².